The number of ether oxygens (including phenoxy) is 1. The highest BCUT2D eigenvalue weighted by Crippen LogP contribution is 2.27. The van der Waals surface area contributed by atoms with Crippen LogP contribution in [0.3, 0.4) is 0 Å². The Morgan fingerprint density at radius 2 is 2.06 bits per heavy atom. The molecule has 0 bridgehead atoms. The third-order valence-corrected chi connectivity index (χ3v) is 2.72. The fraction of sp³-hybridized carbons (Fsp3) is 0.214. The van der Waals surface area contributed by atoms with Crippen molar-refractivity contribution >= 4 is 11.5 Å². The summed E-state index contributed by atoms with van der Waals surface area (Å²) in [6.07, 6.45) is 2.31. The number of hydrogen-bond donors (Lipinski definition) is 0. The van der Waals surface area contributed by atoms with Gasteiger partial charge in [-0.15, -0.1) is 0 Å². The van der Waals surface area contributed by atoms with Gasteiger partial charge in [0.1, 0.15) is 6.17 Å². The maximum absolute atomic E-state index is 13.6. The van der Waals surface area contributed by atoms with Gasteiger partial charge in [-0.3, -0.25) is 0 Å². The molecule has 1 aliphatic carbocycles. The molecule has 0 fully saturated rings. The summed E-state index contributed by atoms with van der Waals surface area (Å²) in [5.74, 6) is -0.598. The minimum Gasteiger partial charge on any atom is -0.466 e. The highest BCUT2D eigenvalue weighted by atomic mass is 19.1. The van der Waals surface area contributed by atoms with E-state index in [9.17, 15) is 9.18 Å². The number of allylic oxidation sites excluding steroid dienone is 3. The predicted molar refractivity (Wildman–Crippen MR) is 64.0 cm³/mol. The molecule has 1 aliphatic rings. The molecule has 1 aromatic carbocycles. The number of benzene rings is 1. The second kappa shape index (κ2) is 4.95. The van der Waals surface area contributed by atoms with Gasteiger partial charge in [-0.25, -0.2) is 9.18 Å². The Bertz CT molecular complexity index is 474. The highest BCUT2D eigenvalue weighted by Gasteiger charge is 2.24. The number of alkyl halides is 1. The topological polar surface area (TPSA) is 26.3 Å². The summed E-state index contributed by atoms with van der Waals surface area (Å²) in [7, 11) is 1.26. The molecule has 0 saturated carbocycles. The monoisotopic (exact) mass is 232 g/mol. The molecule has 0 aromatic heterocycles. The zero-order valence-electron chi connectivity index (χ0n) is 9.52. The molecule has 0 N–H and O–H groups in total. The molecule has 2 rings (SSSR count). The van der Waals surface area contributed by atoms with Crippen LogP contribution < -0.4 is 0 Å². The summed E-state index contributed by atoms with van der Waals surface area (Å²) in [5.41, 5.74) is 1.93. The minimum atomic E-state index is -1.27. The van der Waals surface area contributed by atoms with E-state index in [-0.39, 0.29) is 12.0 Å². The summed E-state index contributed by atoms with van der Waals surface area (Å²) in [6, 6.07) is 9.58. The smallest absolute Gasteiger partial charge is 0.336 e. The number of methoxy groups -OCH3 is 1. The van der Waals surface area contributed by atoms with Crippen molar-refractivity contribution in [1.29, 1.82) is 0 Å². The highest BCUT2D eigenvalue weighted by molar-refractivity contribution is 5.94. The van der Waals surface area contributed by atoms with Crippen molar-refractivity contribution in [3.63, 3.8) is 0 Å². The van der Waals surface area contributed by atoms with Crippen molar-refractivity contribution in [2.75, 3.05) is 7.11 Å². The van der Waals surface area contributed by atoms with E-state index in [1.807, 2.05) is 30.3 Å². The Balaban J connectivity index is 2.33. The Morgan fingerprint density at radius 3 is 2.71 bits per heavy atom. The molecule has 0 aliphatic heterocycles. The van der Waals surface area contributed by atoms with E-state index in [1.54, 1.807) is 12.2 Å². The molecule has 1 unspecified atom stereocenters. The fourth-order valence-corrected chi connectivity index (χ4v) is 1.81. The lowest BCUT2D eigenvalue weighted by molar-refractivity contribution is -0.136. The summed E-state index contributed by atoms with van der Waals surface area (Å²) in [4.78, 5) is 11.4. The second-order valence-corrected chi connectivity index (χ2v) is 3.82. The third kappa shape index (κ3) is 2.44. The van der Waals surface area contributed by atoms with Crippen LogP contribution in [0.2, 0.25) is 0 Å². The molecule has 2 nitrogen and oxygen atoms in total. The molecule has 17 heavy (non-hydrogen) atoms. The van der Waals surface area contributed by atoms with Crippen molar-refractivity contribution in [3.8, 4) is 0 Å². The van der Waals surface area contributed by atoms with Crippen LogP contribution >= 0.6 is 0 Å². The normalized spacial score (nSPS) is 19.3. The van der Waals surface area contributed by atoms with Gasteiger partial charge in [0, 0.05) is 6.42 Å². The quantitative estimate of drug-likeness (QED) is 0.733. The van der Waals surface area contributed by atoms with Crippen LogP contribution in [0.4, 0.5) is 4.39 Å². The Kier molecular flexibility index (Phi) is 3.38. The average molecular weight is 232 g/mol. The third-order valence-electron chi connectivity index (χ3n) is 2.72. The number of esters is 1. The van der Waals surface area contributed by atoms with Gasteiger partial charge >= 0.3 is 5.97 Å². The van der Waals surface area contributed by atoms with Crippen molar-refractivity contribution in [3.05, 3.63) is 53.6 Å². The lowest BCUT2D eigenvalue weighted by Gasteiger charge is -2.16. The summed E-state index contributed by atoms with van der Waals surface area (Å²) in [6.45, 7) is 0. The van der Waals surface area contributed by atoms with Gasteiger partial charge in [0.2, 0.25) is 0 Å². The van der Waals surface area contributed by atoms with Crippen LogP contribution in [0.15, 0.2) is 48.1 Å². The van der Waals surface area contributed by atoms with E-state index in [0.29, 0.717) is 0 Å². The van der Waals surface area contributed by atoms with Crippen LogP contribution in [0.5, 0.6) is 0 Å². The molecule has 1 aromatic rings. The average Bonchev–Trinajstić information content (AvgIpc) is 2.39. The van der Waals surface area contributed by atoms with Crippen molar-refractivity contribution in [2.45, 2.75) is 12.6 Å². The summed E-state index contributed by atoms with van der Waals surface area (Å²) >= 11 is 0. The summed E-state index contributed by atoms with van der Waals surface area (Å²) in [5, 5.41) is 0. The van der Waals surface area contributed by atoms with Crippen LogP contribution in [0, 0.1) is 0 Å². The molecular weight excluding hydrogens is 219 g/mol. The van der Waals surface area contributed by atoms with Crippen LogP contribution in [-0.4, -0.2) is 19.3 Å². The fourth-order valence-electron chi connectivity index (χ4n) is 1.81. The standard InChI is InChI=1S/C14H13FO2/c1-17-14(16)12-9-11(7-8-13(12)15)10-5-3-2-4-6-10/h2-7,9,13H,8H2,1H3. The van der Waals surface area contributed by atoms with Crippen LogP contribution in [0.1, 0.15) is 12.0 Å². The van der Waals surface area contributed by atoms with E-state index in [1.165, 1.54) is 7.11 Å². The molecule has 88 valence electrons. The van der Waals surface area contributed by atoms with E-state index >= 15 is 0 Å². The van der Waals surface area contributed by atoms with Crippen molar-refractivity contribution in [1.82, 2.24) is 0 Å². The predicted octanol–water partition coefficient (Wildman–Crippen LogP) is 2.91. The molecular formula is C14H13FO2. The zero-order valence-corrected chi connectivity index (χ0v) is 9.52. The van der Waals surface area contributed by atoms with Gasteiger partial charge < -0.3 is 4.74 Å². The minimum absolute atomic E-state index is 0.0915. The number of carbonyl (C=O) groups is 1. The Labute approximate surface area is 99.4 Å². The van der Waals surface area contributed by atoms with Crippen molar-refractivity contribution < 1.29 is 13.9 Å². The molecule has 1 atom stereocenters. The van der Waals surface area contributed by atoms with E-state index in [0.717, 1.165) is 11.1 Å². The number of carbonyl (C=O) groups excluding carboxylic acids is 1. The summed E-state index contributed by atoms with van der Waals surface area (Å²) < 4.78 is 18.1. The molecule has 0 radical (unpaired) electrons. The molecule has 0 saturated heterocycles. The van der Waals surface area contributed by atoms with E-state index < -0.39 is 12.1 Å². The van der Waals surface area contributed by atoms with Crippen molar-refractivity contribution in [2.24, 2.45) is 0 Å². The van der Waals surface area contributed by atoms with Gasteiger partial charge in [-0.2, -0.15) is 0 Å². The maximum atomic E-state index is 13.6. The lowest BCUT2D eigenvalue weighted by atomic mass is 9.93. The van der Waals surface area contributed by atoms with Gasteiger partial charge in [0.25, 0.3) is 0 Å². The molecule has 3 heteroatoms. The Morgan fingerprint density at radius 1 is 1.35 bits per heavy atom. The van der Waals surface area contributed by atoms with Crippen LogP contribution in [-0.2, 0) is 9.53 Å². The van der Waals surface area contributed by atoms with E-state index in [4.69, 9.17) is 0 Å². The SMILES string of the molecule is COC(=O)C1=CC(c2ccccc2)=CCC1F. The number of hydrogen-bond acceptors (Lipinski definition) is 2. The second-order valence-electron chi connectivity index (χ2n) is 3.82. The first-order valence-corrected chi connectivity index (χ1v) is 5.42. The van der Waals surface area contributed by atoms with Gasteiger partial charge in [0.15, 0.2) is 0 Å². The largest absolute Gasteiger partial charge is 0.466 e. The number of halogens is 1. The molecule has 0 spiro atoms. The van der Waals surface area contributed by atoms with Gasteiger partial charge in [-0.05, 0) is 17.2 Å². The Hall–Kier alpha value is -1.90. The number of rotatable bonds is 2. The first kappa shape index (κ1) is 11.6. The first-order chi connectivity index (χ1) is 8.22. The lowest BCUT2D eigenvalue weighted by Crippen LogP contribution is -2.17. The molecule has 0 amide bonds. The van der Waals surface area contributed by atoms with Crippen LogP contribution in [0.25, 0.3) is 5.57 Å². The van der Waals surface area contributed by atoms with E-state index in [2.05, 4.69) is 4.74 Å². The maximum Gasteiger partial charge on any atom is 0.336 e. The zero-order chi connectivity index (χ0) is 12.3. The van der Waals surface area contributed by atoms with Gasteiger partial charge in [0.05, 0.1) is 12.7 Å². The first-order valence-electron chi connectivity index (χ1n) is 5.42. The van der Waals surface area contributed by atoms with Gasteiger partial charge in [-0.1, -0.05) is 36.4 Å². The molecule has 0 heterocycles.